The first-order chi connectivity index (χ1) is 9.67. The van der Waals surface area contributed by atoms with Gasteiger partial charge in [-0.15, -0.1) is 0 Å². The summed E-state index contributed by atoms with van der Waals surface area (Å²) in [6, 6.07) is 11.2. The van der Waals surface area contributed by atoms with E-state index >= 15 is 0 Å². The van der Waals surface area contributed by atoms with Gasteiger partial charge >= 0.3 is 5.97 Å². The maximum atomic E-state index is 12.2. The summed E-state index contributed by atoms with van der Waals surface area (Å²) in [5.74, 6) is -0.323. The molecule has 2 rings (SSSR count). The molecule has 0 radical (unpaired) electrons. The zero-order valence-corrected chi connectivity index (χ0v) is 11.5. The lowest BCUT2D eigenvalue weighted by Gasteiger charge is -2.10. The largest absolute Gasteiger partial charge is 0.495 e. The first-order valence-corrected chi connectivity index (χ1v) is 6.42. The van der Waals surface area contributed by atoms with E-state index in [0.717, 1.165) is 10.8 Å². The Labute approximate surface area is 117 Å². The Bertz CT molecular complexity index is 646. The monoisotopic (exact) mass is 272 g/mol. The average molecular weight is 272 g/mol. The van der Waals surface area contributed by atoms with E-state index in [4.69, 9.17) is 9.47 Å². The van der Waals surface area contributed by atoms with Crippen molar-refractivity contribution >= 4 is 22.5 Å². The van der Waals surface area contributed by atoms with Crippen LogP contribution in [-0.2, 0) is 9.53 Å². The Morgan fingerprint density at radius 3 is 2.55 bits per heavy atom. The van der Waals surface area contributed by atoms with E-state index in [1.807, 2.05) is 30.3 Å². The van der Waals surface area contributed by atoms with Crippen molar-refractivity contribution in [2.45, 2.75) is 13.3 Å². The maximum absolute atomic E-state index is 12.2. The number of rotatable bonds is 5. The van der Waals surface area contributed by atoms with Crippen molar-refractivity contribution in [1.82, 2.24) is 0 Å². The lowest BCUT2D eigenvalue weighted by atomic mass is 10.0. The van der Waals surface area contributed by atoms with E-state index in [9.17, 15) is 9.59 Å². The van der Waals surface area contributed by atoms with Crippen LogP contribution >= 0.6 is 0 Å². The SMILES string of the molecule is CCOC(=O)CC(=O)c1ccc2ccccc2c1OC. The highest BCUT2D eigenvalue weighted by molar-refractivity contribution is 6.10. The number of fused-ring (bicyclic) bond motifs is 1. The molecule has 0 fully saturated rings. The molecule has 104 valence electrons. The Balaban J connectivity index is 2.39. The van der Waals surface area contributed by atoms with Gasteiger partial charge in [0.2, 0.25) is 0 Å². The fourth-order valence-corrected chi connectivity index (χ4v) is 2.12. The van der Waals surface area contributed by atoms with E-state index < -0.39 is 5.97 Å². The molecule has 4 nitrogen and oxygen atoms in total. The predicted octanol–water partition coefficient (Wildman–Crippen LogP) is 2.98. The third-order valence-corrected chi connectivity index (χ3v) is 2.99. The number of hydrogen-bond donors (Lipinski definition) is 0. The van der Waals surface area contributed by atoms with E-state index in [0.29, 0.717) is 11.3 Å². The minimum absolute atomic E-state index is 0.265. The zero-order chi connectivity index (χ0) is 14.5. The maximum Gasteiger partial charge on any atom is 0.313 e. The van der Waals surface area contributed by atoms with Crippen LogP contribution in [0.1, 0.15) is 23.7 Å². The van der Waals surface area contributed by atoms with Crippen LogP contribution in [0.5, 0.6) is 5.75 Å². The fourth-order valence-electron chi connectivity index (χ4n) is 2.12. The number of ether oxygens (including phenoxy) is 2. The molecule has 0 atom stereocenters. The Hall–Kier alpha value is -2.36. The number of hydrogen-bond acceptors (Lipinski definition) is 4. The van der Waals surface area contributed by atoms with Gasteiger partial charge in [0.1, 0.15) is 12.2 Å². The van der Waals surface area contributed by atoms with Crippen LogP contribution in [0.3, 0.4) is 0 Å². The molecular weight excluding hydrogens is 256 g/mol. The van der Waals surface area contributed by atoms with Gasteiger partial charge in [0.15, 0.2) is 5.78 Å². The molecule has 0 N–H and O–H groups in total. The highest BCUT2D eigenvalue weighted by Gasteiger charge is 2.18. The third kappa shape index (κ3) is 2.79. The van der Waals surface area contributed by atoms with Crippen molar-refractivity contribution in [3.8, 4) is 5.75 Å². The van der Waals surface area contributed by atoms with Crippen LogP contribution in [0.25, 0.3) is 10.8 Å². The number of carbonyl (C=O) groups is 2. The number of carbonyl (C=O) groups excluding carboxylic acids is 2. The number of methoxy groups -OCH3 is 1. The van der Waals surface area contributed by atoms with Crippen LogP contribution in [0.2, 0.25) is 0 Å². The number of benzene rings is 2. The predicted molar refractivity (Wildman–Crippen MR) is 76.1 cm³/mol. The normalized spacial score (nSPS) is 10.3. The molecule has 4 heteroatoms. The van der Waals surface area contributed by atoms with E-state index in [1.165, 1.54) is 7.11 Å². The van der Waals surface area contributed by atoms with Gasteiger partial charge < -0.3 is 9.47 Å². The first-order valence-electron chi connectivity index (χ1n) is 6.42. The molecule has 0 aliphatic heterocycles. The fraction of sp³-hybridized carbons (Fsp3) is 0.250. The minimum atomic E-state index is -0.521. The van der Waals surface area contributed by atoms with Crippen LogP contribution in [-0.4, -0.2) is 25.5 Å². The quantitative estimate of drug-likeness (QED) is 0.477. The highest BCUT2D eigenvalue weighted by Crippen LogP contribution is 2.30. The molecule has 0 aliphatic carbocycles. The van der Waals surface area contributed by atoms with Crippen molar-refractivity contribution in [2.75, 3.05) is 13.7 Å². The van der Waals surface area contributed by atoms with Crippen molar-refractivity contribution < 1.29 is 19.1 Å². The summed E-state index contributed by atoms with van der Waals surface area (Å²) in [6.45, 7) is 1.97. The summed E-state index contributed by atoms with van der Waals surface area (Å²) < 4.78 is 10.1. The van der Waals surface area contributed by atoms with Gasteiger partial charge in [-0.05, 0) is 18.4 Å². The van der Waals surface area contributed by atoms with E-state index in [2.05, 4.69) is 0 Å². The summed E-state index contributed by atoms with van der Waals surface area (Å²) in [6.07, 6.45) is -0.275. The van der Waals surface area contributed by atoms with Gasteiger partial charge in [0.25, 0.3) is 0 Å². The van der Waals surface area contributed by atoms with Gasteiger partial charge in [-0.2, -0.15) is 0 Å². The summed E-state index contributed by atoms with van der Waals surface area (Å²) in [4.78, 5) is 23.6. The third-order valence-electron chi connectivity index (χ3n) is 2.99. The zero-order valence-electron chi connectivity index (χ0n) is 11.5. The van der Waals surface area contributed by atoms with Gasteiger partial charge in [-0.3, -0.25) is 9.59 Å². The first kappa shape index (κ1) is 14.1. The van der Waals surface area contributed by atoms with Crippen molar-refractivity contribution in [3.05, 3.63) is 42.0 Å². The van der Waals surface area contributed by atoms with E-state index in [-0.39, 0.29) is 18.8 Å². The molecule has 0 saturated carbocycles. The van der Waals surface area contributed by atoms with Crippen LogP contribution in [0.15, 0.2) is 36.4 Å². The van der Waals surface area contributed by atoms with Gasteiger partial charge in [-0.25, -0.2) is 0 Å². The van der Waals surface area contributed by atoms with Crippen molar-refractivity contribution in [3.63, 3.8) is 0 Å². The topological polar surface area (TPSA) is 52.6 Å². The standard InChI is InChI=1S/C16H16O4/c1-3-20-15(18)10-14(17)13-9-8-11-6-4-5-7-12(11)16(13)19-2/h4-9H,3,10H2,1-2H3. The summed E-state index contributed by atoms with van der Waals surface area (Å²) in [7, 11) is 1.52. The van der Waals surface area contributed by atoms with Gasteiger partial charge in [-0.1, -0.05) is 30.3 Å². The van der Waals surface area contributed by atoms with E-state index in [1.54, 1.807) is 13.0 Å². The molecule has 0 spiro atoms. The van der Waals surface area contributed by atoms with Crippen molar-refractivity contribution in [2.24, 2.45) is 0 Å². The second-order valence-electron chi connectivity index (χ2n) is 4.27. The summed E-state index contributed by atoms with van der Waals surface area (Å²) >= 11 is 0. The molecule has 0 aromatic heterocycles. The number of Topliss-reactive ketones (excluding diaryl/α,β-unsaturated/α-hetero) is 1. The second-order valence-corrected chi connectivity index (χ2v) is 4.27. The summed E-state index contributed by atoms with van der Waals surface area (Å²) in [5, 5.41) is 1.83. The molecular formula is C16H16O4. The summed E-state index contributed by atoms with van der Waals surface area (Å²) in [5.41, 5.74) is 0.402. The minimum Gasteiger partial charge on any atom is -0.495 e. The lowest BCUT2D eigenvalue weighted by molar-refractivity contribution is -0.141. The van der Waals surface area contributed by atoms with Gasteiger partial charge in [0.05, 0.1) is 19.3 Å². The molecule has 2 aromatic carbocycles. The molecule has 20 heavy (non-hydrogen) atoms. The van der Waals surface area contributed by atoms with Crippen LogP contribution in [0.4, 0.5) is 0 Å². The van der Waals surface area contributed by atoms with Gasteiger partial charge in [0, 0.05) is 5.39 Å². The second kappa shape index (κ2) is 6.19. The Morgan fingerprint density at radius 1 is 1.10 bits per heavy atom. The molecule has 0 bridgehead atoms. The lowest BCUT2D eigenvalue weighted by Crippen LogP contribution is -2.12. The smallest absolute Gasteiger partial charge is 0.313 e. The highest BCUT2D eigenvalue weighted by atomic mass is 16.5. The van der Waals surface area contributed by atoms with Crippen LogP contribution < -0.4 is 4.74 Å². The Kier molecular flexibility index (Phi) is 4.35. The van der Waals surface area contributed by atoms with Crippen molar-refractivity contribution in [1.29, 1.82) is 0 Å². The molecule has 0 heterocycles. The van der Waals surface area contributed by atoms with Crippen LogP contribution in [0, 0.1) is 0 Å². The Morgan fingerprint density at radius 2 is 1.85 bits per heavy atom. The average Bonchev–Trinajstić information content (AvgIpc) is 2.46. The number of ketones is 1. The number of esters is 1. The molecule has 0 amide bonds. The molecule has 2 aromatic rings. The molecule has 0 unspecified atom stereocenters. The molecule has 0 saturated heterocycles. The molecule has 0 aliphatic rings.